The summed E-state index contributed by atoms with van der Waals surface area (Å²) in [5, 5.41) is 7.06. The molecular formula is C20H20F3N5O2. The van der Waals surface area contributed by atoms with Gasteiger partial charge in [0.05, 0.1) is 11.3 Å². The average molecular weight is 419 g/mol. The van der Waals surface area contributed by atoms with E-state index in [1.807, 2.05) is 20.8 Å². The van der Waals surface area contributed by atoms with Crippen LogP contribution in [0.1, 0.15) is 32.0 Å². The summed E-state index contributed by atoms with van der Waals surface area (Å²) < 4.78 is 45.7. The van der Waals surface area contributed by atoms with Crippen LogP contribution in [0.5, 0.6) is 5.75 Å². The zero-order valence-electron chi connectivity index (χ0n) is 16.6. The molecule has 158 valence electrons. The van der Waals surface area contributed by atoms with Crippen LogP contribution in [0.4, 0.5) is 19.0 Å². The third kappa shape index (κ3) is 4.94. The zero-order chi connectivity index (χ0) is 21.9. The van der Waals surface area contributed by atoms with E-state index < -0.39 is 30.0 Å². The largest absolute Gasteiger partial charge is 0.483 e. The lowest BCUT2D eigenvalue weighted by Gasteiger charge is -2.13. The molecule has 0 fully saturated rings. The highest BCUT2D eigenvalue weighted by Gasteiger charge is 2.34. The number of rotatable bonds is 5. The molecule has 1 N–H and O–H groups in total. The Kier molecular flexibility index (Phi) is 5.77. The fourth-order valence-corrected chi connectivity index (χ4v) is 2.54. The molecular weight excluding hydrogens is 399 g/mol. The van der Waals surface area contributed by atoms with Crippen molar-refractivity contribution in [3.63, 3.8) is 0 Å². The summed E-state index contributed by atoms with van der Waals surface area (Å²) in [6.45, 7) is 5.25. The van der Waals surface area contributed by atoms with E-state index in [2.05, 4.69) is 20.4 Å². The molecule has 0 saturated heterocycles. The molecule has 0 aliphatic carbocycles. The highest BCUT2D eigenvalue weighted by molar-refractivity contribution is 5.91. The molecule has 2 aromatic heterocycles. The fourth-order valence-electron chi connectivity index (χ4n) is 2.54. The van der Waals surface area contributed by atoms with Crippen molar-refractivity contribution >= 4 is 11.7 Å². The van der Waals surface area contributed by atoms with E-state index in [4.69, 9.17) is 4.74 Å². The van der Waals surface area contributed by atoms with Gasteiger partial charge in [-0.15, -0.1) is 0 Å². The molecule has 30 heavy (non-hydrogen) atoms. The first-order chi connectivity index (χ1) is 14.1. The Balaban J connectivity index is 1.80. The van der Waals surface area contributed by atoms with Gasteiger partial charge in [-0.2, -0.15) is 23.0 Å². The molecule has 0 radical (unpaired) electrons. The van der Waals surface area contributed by atoms with E-state index in [9.17, 15) is 18.0 Å². The molecule has 0 saturated carbocycles. The van der Waals surface area contributed by atoms with E-state index in [0.29, 0.717) is 5.69 Å². The van der Waals surface area contributed by atoms with Crippen LogP contribution in [0.25, 0.3) is 5.95 Å². The summed E-state index contributed by atoms with van der Waals surface area (Å²) in [4.78, 5) is 20.6. The third-order valence-electron chi connectivity index (χ3n) is 4.04. The van der Waals surface area contributed by atoms with Gasteiger partial charge in [-0.05, 0) is 18.2 Å². The normalized spacial score (nSPS) is 11.9. The van der Waals surface area contributed by atoms with E-state index >= 15 is 0 Å². The Morgan fingerprint density at radius 2 is 1.77 bits per heavy atom. The van der Waals surface area contributed by atoms with Crippen LogP contribution in [-0.4, -0.2) is 32.3 Å². The smallest absolute Gasteiger partial charge is 0.419 e. The Labute approximate surface area is 170 Å². The molecule has 1 amide bonds. The molecule has 0 aliphatic heterocycles. The van der Waals surface area contributed by atoms with Crippen LogP contribution in [0, 0.1) is 0 Å². The maximum absolute atomic E-state index is 13.1. The SMILES string of the molecule is CC(C)(C)c1cc(NC(=O)COc2ccccc2C(F)(F)F)n(-c2ncccn2)n1. The standard InChI is InChI=1S/C20H20F3N5O2/c1-19(2,3)15-11-16(28(27-15)18-24-9-6-10-25-18)26-17(29)12-30-14-8-5-4-7-13(14)20(21,22)23/h4-11H,12H2,1-3H3,(H,26,29). The van der Waals surface area contributed by atoms with Crippen molar-refractivity contribution in [2.75, 3.05) is 11.9 Å². The number of benzene rings is 1. The van der Waals surface area contributed by atoms with Crippen LogP contribution >= 0.6 is 0 Å². The number of aromatic nitrogens is 4. The van der Waals surface area contributed by atoms with Gasteiger partial charge in [-0.1, -0.05) is 32.9 Å². The molecule has 10 heteroatoms. The van der Waals surface area contributed by atoms with Crippen LogP contribution in [-0.2, 0) is 16.4 Å². The number of para-hydroxylation sites is 1. The van der Waals surface area contributed by atoms with Crippen LogP contribution < -0.4 is 10.1 Å². The molecule has 0 aliphatic rings. The maximum atomic E-state index is 13.1. The number of hydrogen-bond acceptors (Lipinski definition) is 5. The molecule has 7 nitrogen and oxygen atoms in total. The second-order valence-corrected chi connectivity index (χ2v) is 7.46. The minimum Gasteiger partial charge on any atom is -0.483 e. The van der Waals surface area contributed by atoms with Crippen LogP contribution in [0.15, 0.2) is 48.8 Å². The molecule has 0 atom stereocenters. The molecule has 0 spiro atoms. The number of amides is 1. The fraction of sp³-hybridized carbons (Fsp3) is 0.300. The van der Waals surface area contributed by atoms with Gasteiger partial charge in [0.25, 0.3) is 11.9 Å². The monoisotopic (exact) mass is 419 g/mol. The van der Waals surface area contributed by atoms with E-state index in [1.165, 1.54) is 29.2 Å². The summed E-state index contributed by atoms with van der Waals surface area (Å²) in [5.74, 6) is -0.546. The van der Waals surface area contributed by atoms with Crippen molar-refractivity contribution in [2.24, 2.45) is 0 Å². The summed E-state index contributed by atoms with van der Waals surface area (Å²) in [6.07, 6.45) is -1.52. The highest BCUT2D eigenvalue weighted by atomic mass is 19.4. The number of ether oxygens (including phenoxy) is 1. The molecule has 0 unspecified atom stereocenters. The summed E-state index contributed by atoms with van der Waals surface area (Å²) >= 11 is 0. The van der Waals surface area contributed by atoms with Crippen molar-refractivity contribution < 1.29 is 22.7 Å². The van der Waals surface area contributed by atoms with Gasteiger partial charge < -0.3 is 10.1 Å². The molecule has 3 rings (SSSR count). The van der Waals surface area contributed by atoms with Crippen molar-refractivity contribution in [3.8, 4) is 11.7 Å². The molecule has 1 aromatic carbocycles. The van der Waals surface area contributed by atoms with Crippen molar-refractivity contribution in [1.82, 2.24) is 19.7 Å². The first kappa shape index (κ1) is 21.3. The molecule has 0 bridgehead atoms. The molecule has 3 aromatic rings. The number of carbonyl (C=O) groups is 1. The summed E-state index contributed by atoms with van der Waals surface area (Å²) in [6, 6.07) is 8.02. The van der Waals surface area contributed by atoms with Crippen molar-refractivity contribution in [2.45, 2.75) is 32.4 Å². The minimum absolute atomic E-state index is 0.242. The lowest BCUT2D eigenvalue weighted by molar-refractivity contribution is -0.139. The Morgan fingerprint density at radius 3 is 2.40 bits per heavy atom. The van der Waals surface area contributed by atoms with E-state index in [-0.39, 0.29) is 17.2 Å². The Morgan fingerprint density at radius 1 is 1.10 bits per heavy atom. The predicted molar refractivity (Wildman–Crippen MR) is 103 cm³/mol. The first-order valence-electron chi connectivity index (χ1n) is 9.02. The number of hydrogen-bond donors (Lipinski definition) is 1. The summed E-state index contributed by atoms with van der Waals surface area (Å²) in [5.41, 5.74) is -0.592. The number of anilines is 1. The molecule has 2 heterocycles. The van der Waals surface area contributed by atoms with Crippen molar-refractivity contribution in [1.29, 1.82) is 0 Å². The van der Waals surface area contributed by atoms with Gasteiger partial charge in [-0.3, -0.25) is 4.79 Å². The Bertz CT molecular complexity index is 1030. The minimum atomic E-state index is -4.59. The second-order valence-electron chi connectivity index (χ2n) is 7.46. The van der Waals surface area contributed by atoms with Gasteiger partial charge in [0, 0.05) is 23.9 Å². The van der Waals surface area contributed by atoms with Gasteiger partial charge >= 0.3 is 6.18 Å². The number of nitrogens with zero attached hydrogens (tertiary/aromatic N) is 4. The maximum Gasteiger partial charge on any atom is 0.419 e. The van der Waals surface area contributed by atoms with Gasteiger partial charge in [-0.25, -0.2) is 9.97 Å². The van der Waals surface area contributed by atoms with Crippen LogP contribution in [0.3, 0.4) is 0 Å². The second kappa shape index (κ2) is 8.13. The van der Waals surface area contributed by atoms with Crippen molar-refractivity contribution in [3.05, 3.63) is 60.0 Å². The number of alkyl halides is 3. The zero-order valence-corrected chi connectivity index (χ0v) is 16.6. The Hall–Kier alpha value is -3.43. The summed E-state index contributed by atoms with van der Waals surface area (Å²) in [7, 11) is 0. The average Bonchev–Trinajstić information content (AvgIpc) is 3.11. The third-order valence-corrected chi connectivity index (χ3v) is 4.04. The van der Waals surface area contributed by atoms with Gasteiger partial charge in [0.1, 0.15) is 11.6 Å². The first-order valence-corrected chi connectivity index (χ1v) is 9.02. The highest BCUT2D eigenvalue weighted by Crippen LogP contribution is 2.35. The van der Waals surface area contributed by atoms with Crippen LogP contribution in [0.2, 0.25) is 0 Å². The van der Waals surface area contributed by atoms with Gasteiger partial charge in [0.2, 0.25) is 0 Å². The van der Waals surface area contributed by atoms with Gasteiger partial charge in [0.15, 0.2) is 6.61 Å². The number of carbonyl (C=O) groups excluding carboxylic acids is 1. The lowest BCUT2D eigenvalue weighted by Crippen LogP contribution is -2.23. The topological polar surface area (TPSA) is 81.9 Å². The van der Waals surface area contributed by atoms with E-state index in [1.54, 1.807) is 12.1 Å². The number of nitrogens with one attached hydrogen (secondary N) is 1. The predicted octanol–water partition coefficient (Wildman–Crippen LogP) is 4.00. The quantitative estimate of drug-likeness (QED) is 0.676. The van der Waals surface area contributed by atoms with E-state index in [0.717, 1.165) is 12.1 Å². The lowest BCUT2D eigenvalue weighted by atomic mass is 9.92. The number of halogens is 3.